The third-order valence-electron chi connectivity index (χ3n) is 9.52. The van der Waals surface area contributed by atoms with Crippen LogP contribution >= 0.6 is 0 Å². The van der Waals surface area contributed by atoms with Gasteiger partial charge in [0.05, 0.1) is 12.5 Å². The smallest absolute Gasteiger partial charge is 0.0645 e. The van der Waals surface area contributed by atoms with Gasteiger partial charge in [-0.2, -0.15) is 0 Å². The lowest BCUT2D eigenvalue weighted by Gasteiger charge is -2.61. The molecule has 0 saturated heterocycles. The zero-order valence-corrected chi connectivity index (χ0v) is 19.7. The zero-order valence-electron chi connectivity index (χ0n) is 24.7. The Bertz CT molecular complexity index is 1620. The lowest BCUT2D eigenvalue weighted by Crippen LogP contribution is -2.55. The highest BCUT2D eigenvalue weighted by atomic mass is 15.1. The van der Waals surface area contributed by atoms with Crippen molar-refractivity contribution in [2.24, 2.45) is 23.7 Å². The number of rotatable bonds is 3. The summed E-state index contributed by atoms with van der Waals surface area (Å²) in [6.45, 7) is 0. The molecule has 4 aromatic rings. The topological polar surface area (TPSA) is 3.24 Å². The van der Waals surface area contributed by atoms with Gasteiger partial charge in [0, 0.05) is 22.4 Å². The third kappa shape index (κ3) is 2.64. The summed E-state index contributed by atoms with van der Waals surface area (Å²) in [7, 11) is 0. The second kappa shape index (κ2) is 7.34. The summed E-state index contributed by atoms with van der Waals surface area (Å²) in [5, 5.41) is 0. The maximum atomic E-state index is 8.91. The normalized spacial score (nSPS) is 31.3. The molecule has 0 amide bonds. The molecule has 4 saturated carbocycles. The van der Waals surface area contributed by atoms with Gasteiger partial charge in [-0.1, -0.05) is 72.7 Å². The Morgan fingerprint density at radius 2 is 1.29 bits per heavy atom. The van der Waals surface area contributed by atoms with Gasteiger partial charge in [-0.05, 0) is 103 Å². The summed E-state index contributed by atoms with van der Waals surface area (Å²) in [4.78, 5) is 1.91. The summed E-state index contributed by atoms with van der Waals surface area (Å²) in [5.41, 5.74) is 7.01. The molecule has 1 nitrogen and oxygen atoms in total. The van der Waals surface area contributed by atoms with E-state index in [1.807, 2.05) is 35.2 Å². The van der Waals surface area contributed by atoms with Crippen molar-refractivity contribution in [2.45, 2.75) is 37.5 Å². The van der Waals surface area contributed by atoms with E-state index in [0.717, 1.165) is 28.8 Å². The van der Waals surface area contributed by atoms with Gasteiger partial charge < -0.3 is 4.90 Å². The Morgan fingerprint density at radius 3 is 2.03 bits per heavy atom. The van der Waals surface area contributed by atoms with Crippen LogP contribution in [0.3, 0.4) is 0 Å². The number of nitrogens with zero attached hydrogens (tertiary/aromatic N) is 1. The molecule has 0 N–H and O–H groups in total. The highest BCUT2D eigenvalue weighted by Gasteiger charge is 2.61. The van der Waals surface area contributed by atoms with Crippen LogP contribution in [-0.4, -0.2) is 0 Å². The molecule has 4 aromatic carbocycles. The van der Waals surface area contributed by atoms with Gasteiger partial charge >= 0.3 is 0 Å². The molecule has 0 aliphatic heterocycles. The van der Waals surface area contributed by atoms with E-state index in [2.05, 4.69) is 42.5 Å². The third-order valence-corrected chi connectivity index (χ3v) is 9.52. The van der Waals surface area contributed by atoms with Gasteiger partial charge in [-0.3, -0.25) is 0 Å². The molecule has 0 unspecified atom stereocenters. The minimum Gasteiger partial charge on any atom is -0.310 e. The SMILES string of the molecule is [2H]c1c([2H])c([2H])c(N(c2ccccc2)c2cccc3c2-c2ccccc2C32C3CC4CC(C3)CC2C4)c([2H])c1[2H]. The molecular formula is C34H31N. The average molecular weight is 459 g/mol. The monoisotopic (exact) mass is 458 g/mol. The van der Waals surface area contributed by atoms with Gasteiger partial charge in [0.2, 0.25) is 0 Å². The summed E-state index contributed by atoms with van der Waals surface area (Å²) >= 11 is 0. The van der Waals surface area contributed by atoms with E-state index in [1.54, 1.807) is 0 Å². The maximum absolute atomic E-state index is 8.91. The van der Waals surface area contributed by atoms with Crippen molar-refractivity contribution in [3.05, 3.63) is 114 Å². The predicted octanol–water partition coefficient (Wildman–Crippen LogP) is 8.88. The van der Waals surface area contributed by atoms with E-state index in [-0.39, 0.29) is 41.3 Å². The lowest BCUT2D eigenvalue weighted by molar-refractivity contribution is -0.0399. The quantitative estimate of drug-likeness (QED) is 0.296. The molecular weight excluding hydrogens is 422 g/mol. The molecule has 9 rings (SSSR count). The van der Waals surface area contributed by atoms with Gasteiger partial charge in [0.25, 0.3) is 0 Å². The summed E-state index contributed by atoms with van der Waals surface area (Å²) in [6, 6.07) is 23.7. The number of fused-ring (bicyclic) bond motifs is 3. The van der Waals surface area contributed by atoms with Crippen LogP contribution < -0.4 is 4.90 Å². The Labute approximate surface area is 215 Å². The first-order valence-electron chi connectivity index (χ1n) is 15.6. The van der Waals surface area contributed by atoms with Crippen LogP contribution in [0.15, 0.2) is 103 Å². The molecule has 5 aliphatic rings. The molecule has 35 heavy (non-hydrogen) atoms. The van der Waals surface area contributed by atoms with Crippen LogP contribution in [0.5, 0.6) is 0 Å². The van der Waals surface area contributed by atoms with E-state index < -0.39 is 0 Å². The van der Waals surface area contributed by atoms with Gasteiger partial charge in [-0.15, -0.1) is 0 Å². The Morgan fingerprint density at radius 1 is 0.629 bits per heavy atom. The van der Waals surface area contributed by atoms with Crippen LogP contribution in [-0.2, 0) is 5.41 Å². The van der Waals surface area contributed by atoms with Crippen molar-refractivity contribution < 1.29 is 6.85 Å². The summed E-state index contributed by atoms with van der Waals surface area (Å²) in [5.74, 6) is 2.93. The minimum atomic E-state index is -0.372. The fraction of sp³-hybridized carbons (Fsp3) is 0.294. The van der Waals surface area contributed by atoms with Crippen LogP contribution in [0.2, 0.25) is 0 Å². The number of benzene rings is 4. The molecule has 4 fully saturated rings. The second-order valence-corrected chi connectivity index (χ2v) is 11.1. The summed E-state index contributed by atoms with van der Waals surface area (Å²) in [6.07, 6.45) is 6.55. The van der Waals surface area contributed by atoms with Gasteiger partial charge in [0.15, 0.2) is 0 Å². The zero-order chi connectivity index (χ0) is 27.3. The van der Waals surface area contributed by atoms with Gasteiger partial charge in [0.1, 0.15) is 0 Å². The van der Waals surface area contributed by atoms with Crippen molar-refractivity contribution in [1.29, 1.82) is 0 Å². The Balaban J connectivity index is 1.44. The fourth-order valence-corrected chi connectivity index (χ4v) is 8.69. The minimum absolute atomic E-state index is 0.0164. The number of hydrogen-bond donors (Lipinski definition) is 0. The van der Waals surface area contributed by atoms with E-state index in [1.165, 1.54) is 48.8 Å². The second-order valence-electron chi connectivity index (χ2n) is 11.1. The van der Waals surface area contributed by atoms with Crippen molar-refractivity contribution in [2.75, 3.05) is 4.90 Å². The highest BCUT2D eigenvalue weighted by molar-refractivity contribution is 5.95. The van der Waals surface area contributed by atoms with Crippen molar-refractivity contribution >= 4 is 17.1 Å². The lowest BCUT2D eigenvalue weighted by atomic mass is 9.43. The van der Waals surface area contributed by atoms with E-state index in [9.17, 15) is 0 Å². The molecule has 1 heteroatoms. The standard InChI is InChI=1S/C34H31N/c1-3-10-27(11-4-1)35(28-12-5-2-6-13-28)32-17-9-16-31-33(32)29-14-7-8-15-30(29)34(31)25-19-23-18-24(21-25)22-26(34)20-23/h1-17,23-26H,18-22H2/i1D,3D,4D,10D,11D. The van der Waals surface area contributed by atoms with Crippen LogP contribution in [0.25, 0.3) is 11.1 Å². The van der Waals surface area contributed by atoms with E-state index >= 15 is 0 Å². The first kappa shape index (κ1) is 15.6. The predicted molar refractivity (Wildman–Crippen MR) is 144 cm³/mol. The van der Waals surface area contributed by atoms with Crippen molar-refractivity contribution in [1.82, 2.24) is 0 Å². The largest absolute Gasteiger partial charge is 0.310 e. The molecule has 0 radical (unpaired) electrons. The molecule has 0 aromatic heterocycles. The highest BCUT2D eigenvalue weighted by Crippen LogP contribution is 2.70. The number of para-hydroxylation sites is 2. The summed E-state index contributed by atoms with van der Waals surface area (Å²) < 4.78 is 42.9. The average Bonchev–Trinajstić information content (AvgIpc) is 3.27. The Hall–Kier alpha value is -3.32. The van der Waals surface area contributed by atoms with E-state index in [4.69, 9.17) is 6.85 Å². The van der Waals surface area contributed by atoms with Crippen LogP contribution in [0, 0.1) is 23.7 Å². The Kier molecular flexibility index (Phi) is 3.28. The van der Waals surface area contributed by atoms with E-state index in [0.29, 0.717) is 11.8 Å². The number of anilines is 3. The molecule has 1 spiro atoms. The molecule has 0 heterocycles. The molecule has 4 bridgehead atoms. The number of hydrogen-bond acceptors (Lipinski definition) is 1. The molecule has 5 aliphatic carbocycles. The maximum Gasteiger partial charge on any atom is 0.0645 e. The van der Waals surface area contributed by atoms with Crippen LogP contribution in [0.1, 0.15) is 50.1 Å². The van der Waals surface area contributed by atoms with Crippen molar-refractivity contribution in [3.8, 4) is 11.1 Å². The molecule has 0 atom stereocenters. The first-order valence-corrected chi connectivity index (χ1v) is 13.1. The van der Waals surface area contributed by atoms with Gasteiger partial charge in [-0.25, -0.2) is 0 Å². The molecule has 172 valence electrons. The van der Waals surface area contributed by atoms with Crippen molar-refractivity contribution in [3.63, 3.8) is 0 Å². The first-order chi connectivity index (χ1) is 19.4. The fourth-order valence-electron chi connectivity index (χ4n) is 8.69. The van der Waals surface area contributed by atoms with Crippen LogP contribution in [0.4, 0.5) is 17.1 Å².